The van der Waals surface area contributed by atoms with Crippen LogP contribution in [0.2, 0.25) is 0 Å². The summed E-state index contributed by atoms with van der Waals surface area (Å²) in [5.41, 5.74) is -0.457. The lowest BCUT2D eigenvalue weighted by atomic mass is 9.97. The quantitative estimate of drug-likeness (QED) is 0.572. The molecule has 1 amide bonds. The Morgan fingerprint density at radius 3 is 2.78 bits per heavy atom. The third-order valence-electron chi connectivity index (χ3n) is 3.58. The maximum Gasteiger partial charge on any atom is 0.410 e. The molecule has 1 N–H and O–H groups in total. The number of piperidine rings is 1. The van der Waals surface area contributed by atoms with Gasteiger partial charge < -0.3 is 14.7 Å². The highest BCUT2D eigenvalue weighted by atomic mass is 16.6. The zero-order valence-corrected chi connectivity index (χ0v) is 10.9. The number of carbonyl (C=O) groups excluding carboxylic acids is 1. The minimum atomic E-state index is -0.512. The van der Waals surface area contributed by atoms with Gasteiger partial charge in [0.1, 0.15) is 5.60 Å². The number of amides is 1. The molecule has 0 aromatic carbocycles. The molecule has 0 bridgehead atoms. The molecule has 2 aliphatic rings. The van der Waals surface area contributed by atoms with Crippen molar-refractivity contribution in [3.63, 3.8) is 0 Å². The average molecular weight is 250 g/mol. The van der Waals surface area contributed by atoms with E-state index in [2.05, 4.69) is 0 Å². The van der Waals surface area contributed by atoms with Gasteiger partial charge >= 0.3 is 6.09 Å². The summed E-state index contributed by atoms with van der Waals surface area (Å²) in [7, 11) is 0. The summed E-state index contributed by atoms with van der Waals surface area (Å²) in [6, 6.07) is 2.02. The van der Waals surface area contributed by atoms with Crippen molar-refractivity contribution in [3.8, 4) is 6.07 Å². The molecule has 2 atom stereocenters. The summed E-state index contributed by atoms with van der Waals surface area (Å²) in [6.45, 7) is 6.55. The number of carbonyl (C=O) groups is 1. The van der Waals surface area contributed by atoms with Crippen LogP contribution in [-0.4, -0.2) is 34.8 Å². The van der Waals surface area contributed by atoms with E-state index < -0.39 is 5.60 Å². The molecule has 18 heavy (non-hydrogen) atoms. The Labute approximate surface area is 107 Å². The molecule has 0 spiro atoms. The predicted molar refractivity (Wildman–Crippen MR) is 64.7 cm³/mol. The summed E-state index contributed by atoms with van der Waals surface area (Å²) in [5.74, 6) is 0.281. The van der Waals surface area contributed by atoms with E-state index in [0.717, 1.165) is 12.7 Å². The standard InChI is InChI=1S/C13H18N2O3/c1-12(2,3)18-11(17)15-6-9-4-13(9,8-15)10(5-14)7-16/h7,9,16H,4,6,8H2,1-3H3. The third-order valence-corrected chi connectivity index (χ3v) is 3.58. The van der Waals surface area contributed by atoms with E-state index in [1.54, 1.807) is 4.90 Å². The monoisotopic (exact) mass is 250 g/mol. The Kier molecular flexibility index (Phi) is 2.77. The lowest BCUT2D eigenvalue weighted by molar-refractivity contribution is 0.0266. The Bertz CT molecular complexity index is 444. The van der Waals surface area contributed by atoms with Crippen molar-refractivity contribution in [1.29, 1.82) is 5.26 Å². The van der Waals surface area contributed by atoms with Crippen LogP contribution in [0.4, 0.5) is 4.79 Å². The van der Waals surface area contributed by atoms with E-state index in [1.807, 2.05) is 26.8 Å². The van der Waals surface area contributed by atoms with Crippen LogP contribution in [0.25, 0.3) is 0 Å². The molecule has 0 radical (unpaired) electrons. The van der Waals surface area contributed by atoms with Crippen LogP contribution in [0.3, 0.4) is 0 Å². The maximum absolute atomic E-state index is 11.9. The SMILES string of the molecule is CC(C)(C)OC(=O)N1CC2CC2(C(C#N)=CO)C1. The molecule has 0 aromatic heterocycles. The molecule has 0 aromatic rings. The number of rotatable bonds is 1. The Balaban J connectivity index is 2.03. The smallest absolute Gasteiger partial charge is 0.410 e. The van der Waals surface area contributed by atoms with Crippen molar-refractivity contribution in [3.05, 3.63) is 11.8 Å². The minimum absolute atomic E-state index is 0.281. The first-order valence-corrected chi connectivity index (χ1v) is 6.05. The molecule has 2 unspecified atom stereocenters. The molecule has 1 heterocycles. The number of nitriles is 1. The van der Waals surface area contributed by atoms with Crippen LogP contribution in [0, 0.1) is 22.7 Å². The van der Waals surface area contributed by atoms with Gasteiger partial charge in [-0.1, -0.05) is 0 Å². The molecule has 1 saturated heterocycles. The van der Waals surface area contributed by atoms with Gasteiger partial charge in [0.05, 0.1) is 17.9 Å². The van der Waals surface area contributed by atoms with Crippen molar-refractivity contribution < 1.29 is 14.6 Å². The number of aliphatic hydroxyl groups excluding tert-OH is 1. The highest BCUT2D eigenvalue weighted by Gasteiger charge is 2.63. The van der Waals surface area contributed by atoms with Crippen LogP contribution in [0.5, 0.6) is 0 Å². The lowest BCUT2D eigenvalue weighted by Crippen LogP contribution is -2.37. The molecule has 5 nitrogen and oxygen atoms in total. The van der Waals surface area contributed by atoms with Crippen LogP contribution in [0.1, 0.15) is 27.2 Å². The summed E-state index contributed by atoms with van der Waals surface area (Å²) in [6.07, 6.45) is 1.40. The lowest BCUT2D eigenvalue weighted by Gasteiger charge is -2.26. The van der Waals surface area contributed by atoms with Crippen molar-refractivity contribution in [2.24, 2.45) is 11.3 Å². The molecular formula is C13H18N2O3. The number of aliphatic hydroxyl groups is 1. The fourth-order valence-electron chi connectivity index (χ4n) is 2.63. The second-order valence-electron chi connectivity index (χ2n) is 6.07. The van der Waals surface area contributed by atoms with Crippen molar-refractivity contribution in [1.82, 2.24) is 4.90 Å². The zero-order valence-electron chi connectivity index (χ0n) is 10.9. The number of likely N-dealkylation sites (tertiary alicyclic amines) is 1. The number of nitrogens with zero attached hydrogens (tertiary/aromatic N) is 2. The molecule has 1 saturated carbocycles. The van der Waals surface area contributed by atoms with Crippen LogP contribution in [0.15, 0.2) is 11.8 Å². The summed E-state index contributed by atoms with van der Waals surface area (Å²) in [5, 5.41) is 18.0. The van der Waals surface area contributed by atoms with Gasteiger partial charge in [-0.2, -0.15) is 5.26 Å². The number of ether oxygens (including phenoxy) is 1. The summed E-state index contributed by atoms with van der Waals surface area (Å²) < 4.78 is 5.30. The van der Waals surface area contributed by atoms with E-state index in [0.29, 0.717) is 18.7 Å². The Morgan fingerprint density at radius 2 is 2.28 bits per heavy atom. The summed E-state index contributed by atoms with van der Waals surface area (Å²) >= 11 is 0. The Morgan fingerprint density at radius 1 is 1.61 bits per heavy atom. The minimum Gasteiger partial charge on any atom is -0.515 e. The zero-order chi connectivity index (χ0) is 13.6. The van der Waals surface area contributed by atoms with E-state index >= 15 is 0 Å². The molecular weight excluding hydrogens is 232 g/mol. The highest BCUT2D eigenvalue weighted by Crippen LogP contribution is 2.62. The van der Waals surface area contributed by atoms with Gasteiger partial charge in [-0.15, -0.1) is 0 Å². The van der Waals surface area contributed by atoms with Gasteiger partial charge in [-0.3, -0.25) is 0 Å². The number of hydrogen-bond donors (Lipinski definition) is 1. The third kappa shape index (κ3) is 2.03. The first-order chi connectivity index (χ1) is 8.32. The van der Waals surface area contributed by atoms with Gasteiger partial charge in [0.25, 0.3) is 0 Å². The van der Waals surface area contributed by atoms with Gasteiger partial charge in [-0.25, -0.2) is 4.79 Å². The van der Waals surface area contributed by atoms with Crippen molar-refractivity contribution in [2.45, 2.75) is 32.8 Å². The highest BCUT2D eigenvalue weighted by molar-refractivity contribution is 5.69. The topological polar surface area (TPSA) is 73.6 Å². The molecule has 2 rings (SSSR count). The maximum atomic E-state index is 11.9. The van der Waals surface area contributed by atoms with E-state index in [4.69, 9.17) is 15.1 Å². The summed E-state index contributed by atoms with van der Waals surface area (Å²) in [4.78, 5) is 13.5. The number of hydrogen-bond acceptors (Lipinski definition) is 4. The predicted octanol–water partition coefficient (Wildman–Crippen LogP) is 2.21. The molecule has 1 aliphatic heterocycles. The van der Waals surface area contributed by atoms with Gasteiger partial charge in [0.2, 0.25) is 0 Å². The normalized spacial score (nSPS) is 30.7. The van der Waals surface area contributed by atoms with E-state index in [1.165, 1.54) is 0 Å². The molecule has 1 aliphatic carbocycles. The van der Waals surface area contributed by atoms with Gasteiger partial charge in [0.15, 0.2) is 0 Å². The van der Waals surface area contributed by atoms with Crippen LogP contribution in [-0.2, 0) is 4.74 Å². The molecule has 2 fully saturated rings. The van der Waals surface area contributed by atoms with Gasteiger partial charge in [0, 0.05) is 18.5 Å². The van der Waals surface area contributed by atoms with Crippen molar-refractivity contribution >= 4 is 6.09 Å². The van der Waals surface area contributed by atoms with Crippen molar-refractivity contribution in [2.75, 3.05) is 13.1 Å². The second kappa shape index (κ2) is 3.91. The molecule has 5 heteroatoms. The van der Waals surface area contributed by atoms with Gasteiger partial charge in [-0.05, 0) is 33.1 Å². The second-order valence-corrected chi connectivity index (χ2v) is 6.07. The first-order valence-electron chi connectivity index (χ1n) is 6.05. The van der Waals surface area contributed by atoms with E-state index in [9.17, 15) is 4.79 Å². The fourth-order valence-corrected chi connectivity index (χ4v) is 2.63. The van der Waals surface area contributed by atoms with E-state index in [-0.39, 0.29) is 17.4 Å². The number of fused-ring (bicyclic) bond motifs is 1. The van der Waals surface area contributed by atoms with Crippen LogP contribution >= 0.6 is 0 Å². The first kappa shape index (κ1) is 12.7. The largest absolute Gasteiger partial charge is 0.515 e. The Hall–Kier alpha value is -1.70. The molecule has 98 valence electrons. The average Bonchev–Trinajstić information content (AvgIpc) is 2.80. The fraction of sp³-hybridized carbons (Fsp3) is 0.692. The van der Waals surface area contributed by atoms with Crippen LogP contribution < -0.4 is 0 Å².